The molecule has 2 atom stereocenters. The first kappa shape index (κ1) is 13.7. The standard InChI is InChI=1S/C17H22O3/c1-11(2)14-10-17(18,7-8-19-14)15-9-13-6-4-5-12(3)16(13)20-15/h4-6,9,11,14,18H,7-8,10H2,1-3H3. The van der Waals surface area contributed by atoms with Crippen molar-refractivity contribution in [2.45, 2.75) is 45.3 Å². The molecule has 1 aliphatic rings. The molecule has 0 saturated carbocycles. The minimum absolute atomic E-state index is 0.0862. The third kappa shape index (κ3) is 2.25. The topological polar surface area (TPSA) is 42.6 Å². The summed E-state index contributed by atoms with van der Waals surface area (Å²) in [5, 5.41) is 12.0. The maximum absolute atomic E-state index is 11.0. The second-order valence-corrected chi connectivity index (χ2v) is 6.24. The Bertz CT molecular complexity index is 614. The number of fused-ring (bicyclic) bond motifs is 1. The molecule has 0 radical (unpaired) electrons. The number of furan rings is 1. The van der Waals surface area contributed by atoms with E-state index in [-0.39, 0.29) is 6.10 Å². The van der Waals surface area contributed by atoms with E-state index in [1.165, 1.54) is 0 Å². The molecule has 0 spiro atoms. The molecule has 1 saturated heterocycles. The second kappa shape index (κ2) is 4.90. The Kier molecular flexibility index (Phi) is 3.35. The molecule has 2 aromatic rings. The second-order valence-electron chi connectivity index (χ2n) is 6.24. The fourth-order valence-electron chi connectivity index (χ4n) is 2.96. The van der Waals surface area contributed by atoms with E-state index in [4.69, 9.17) is 9.15 Å². The van der Waals surface area contributed by atoms with Crippen LogP contribution in [0.5, 0.6) is 0 Å². The van der Waals surface area contributed by atoms with Crippen LogP contribution in [0.25, 0.3) is 11.0 Å². The summed E-state index contributed by atoms with van der Waals surface area (Å²) in [5.74, 6) is 1.07. The van der Waals surface area contributed by atoms with Crippen LogP contribution < -0.4 is 0 Å². The van der Waals surface area contributed by atoms with Crippen molar-refractivity contribution in [1.29, 1.82) is 0 Å². The summed E-state index contributed by atoms with van der Waals surface area (Å²) in [6, 6.07) is 8.05. The van der Waals surface area contributed by atoms with E-state index in [1.807, 2.05) is 31.2 Å². The maximum atomic E-state index is 11.0. The fourth-order valence-corrected chi connectivity index (χ4v) is 2.96. The predicted molar refractivity (Wildman–Crippen MR) is 78.7 cm³/mol. The Balaban J connectivity index is 1.98. The van der Waals surface area contributed by atoms with Gasteiger partial charge in [-0.1, -0.05) is 32.0 Å². The molecule has 2 heterocycles. The number of para-hydroxylation sites is 1. The molecule has 1 aromatic carbocycles. The van der Waals surface area contributed by atoms with Crippen molar-refractivity contribution in [2.75, 3.05) is 6.61 Å². The van der Waals surface area contributed by atoms with Crippen LogP contribution in [0, 0.1) is 12.8 Å². The minimum atomic E-state index is -0.904. The number of aryl methyl sites for hydroxylation is 1. The van der Waals surface area contributed by atoms with E-state index in [0.717, 1.165) is 16.5 Å². The molecule has 0 aliphatic carbocycles. The zero-order valence-corrected chi connectivity index (χ0v) is 12.3. The van der Waals surface area contributed by atoms with Crippen molar-refractivity contribution < 1.29 is 14.3 Å². The molecule has 0 bridgehead atoms. The maximum Gasteiger partial charge on any atom is 0.137 e. The SMILES string of the molecule is Cc1cccc2cc(C3(O)CCOC(C(C)C)C3)oc12. The number of rotatable bonds is 2. The largest absolute Gasteiger partial charge is 0.458 e. The average molecular weight is 274 g/mol. The van der Waals surface area contributed by atoms with Crippen LogP contribution in [-0.2, 0) is 10.3 Å². The monoisotopic (exact) mass is 274 g/mol. The van der Waals surface area contributed by atoms with Gasteiger partial charge in [-0.2, -0.15) is 0 Å². The van der Waals surface area contributed by atoms with Crippen molar-refractivity contribution in [3.63, 3.8) is 0 Å². The van der Waals surface area contributed by atoms with Crippen LogP contribution >= 0.6 is 0 Å². The lowest BCUT2D eigenvalue weighted by atomic mass is 9.84. The van der Waals surface area contributed by atoms with Gasteiger partial charge in [0.25, 0.3) is 0 Å². The Morgan fingerprint density at radius 1 is 1.35 bits per heavy atom. The van der Waals surface area contributed by atoms with Gasteiger partial charge in [0, 0.05) is 18.2 Å². The van der Waals surface area contributed by atoms with Gasteiger partial charge >= 0.3 is 0 Å². The van der Waals surface area contributed by atoms with E-state index in [1.54, 1.807) is 0 Å². The predicted octanol–water partition coefficient (Wildman–Crippen LogP) is 3.76. The van der Waals surface area contributed by atoms with Gasteiger partial charge in [0.2, 0.25) is 0 Å². The van der Waals surface area contributed by atoms with Crippen molar-refractivity contribution in [1.82, 2.24) is 0 Å². The van der Waals surface area contributed by atoms with E-state index in [0.29, 0.717) is 31.1 Å². The Morgan fingerprint density at radius 2 is 2.15 bits per heavy atom. The van der Waals surface area contributed by atoms with E-state index < -0.39 is 5.60 Å². The first-order valence-electron chi connectivity index (χ1n) is 7.33. The zero-order valence-electron chi connectivity index (χ0n) is 12.3. The van der Waals surface area contributed by atoms with Crippen LogP contribution in [0.3, 0.4) is 0 Å². The molecule has 3 nitrogen and oxygen atoms in total. The summed E-state index contributed by atoms with van der Waals surface area (Å²) < 4.78 is 11.7. The number of ether oxygens (including phenoxy) is 1. The molecule has 0 amide bonds. The highest BCUT2D eigenvalue weighted by molar-refractivity contribution is 5.81. The number of benzene rings is 1. The van der Waals surface area contributed by atoms with Crippen LogP contribution in [0.2, 0.25) is 0 Å². The minimum Gasteiger partial charge on any atom is -0.458 e. The summed E-state index contributed by atoms with van der Waals surface area (Å²) in [5.41, 5.74) is 1.08. The highest BCUT2D eigenvalue weighted by atomic mass is 16.5. The van der Waals surface area contributed by atoms with Gasteiger partial charge in [-0.05, 0) is 24.5 Å². The van der Waals surface area contributed by atoms with Crippen molar-refractivity contribution >= 4 is 11.0 Å². The molecule has 1 aliphatic heterocycles. The molecular formula is C17H22O3. The van der Waals surface area contributed by atoms with Crippen LogP contribution in [-0.4, -0.2) is 17.8 Å². The highest BCUT2D eigenvalue weighted by Gasteiger charge is 2.40. The van der Waals surface area contributed by atoms with Gasteiger partial charge in [-0.25, -0.2) is 0 Å². The molecule has 1 N–H and O–H groups in total. The van der Waals surface area contributed by atoms with E-state index in [9.17, 15) is 5.11 Å². The molecular weight excluding hydrogens is 252 g/mol. The third-order valence-electron chi connectivity index (χ3n) is 4.33. The van der Waals surface area contributed by atoms with Gasteiger partial charge in [-0.3, -0.25) is 0 Å². The van der Waals surface area contributed by atoms with Gasteiger partial charge in [0.15, 0.2) is 0 Å². The summed E-state index contributed by atoms with van der Waals surface area (Å²) >= 11 is 0. The number of hydrogen-bond donors (Lipinski definition) is 1. The lowest BCUT2D eigenvalue weighted by molar-refractivity contribution is -0.129. The van der Waals surface area contributed by atoms with Crippen LogP contribution in [0.15, 0.2) is 28.7 Å². The first-order chi connectivity index (χ1) is 9.49. The van der Waals surface area contributed by atoms with Gasteiger partial charge in [-0.15, -0.1) is 0 Å². The van der Waals surface area contributed by atoms with E-state index in [2.05, 4.69) is 13.8 Å². The normalized spacial score (nSPS) is 27.4. The molecule has 108 valence electrons. The molecule has 2 unspecified atom stereocenters. The Labute approximate surface area is 119 Å². The molecule has 1 aromatic heterocycles. The molecule has 1 fully saturated rings. The van der Waals surface area contributed by atoms with Crippen molar-refractivity contribution in [2.24, 2.45) is 5.92 Å². The third-order valence-corrected chi connectivity index (χ3v) is 4.33. The summed E-state index contributed by atoms with van der Waals surface area (Å²) in [4.78, 5) is 0. The van der Waals surface area contributed by atoms with Crippen molar-refractivity contribution in [3.05, 3.63) is 35.6 Å². The quantitative estimate of drug-likeness (QED) is 0.906. The van der Waals surface area contributed by atoms with Crippen LogP contribution in [0.1, 0.15) is 38.0 Å². The van der Waals surface area contributed by atoms with Gasteiger partial charge < -0.3 is 14.3 Å². The summed E-state index contributed by atoms with van der Waals surface area (Å²) in [6.07, 6.45) is 1.28. The zero-order chi connectivity index (χ0) is 14.3. The molecule has 20 heavy (non-hydrogen) atoms. The van der Waals surface area contributed by atoms with Crippen LogP contribution in [0.4, 0.5) is 0 Å². The molecule has 3 rings (SSSR count). The smallest absolute Gasteiger partial charge is 0.137 e. The number of hydrogen-bond acceptors (Lipinski definition) is 3. The Hall–Kier alpha value is -1.32. The lowest BCUT2D eigenvalue weighted by Gasteiger charge is -2.37. The average Bonchev–Trinajstić information content (AvgIpc) is 2.85. The number of aliphatic hydroxyl groups is 1. The Morgan fingerprint density at radius 3 is 2.85 bits per heavy atom. The fraction of sp³-hybridized carbons (Fsp3) is 0.529. The van der Waals surface area contributed by atoms with Gasteiger partial charge in [0.1, 0.15) is 16.9 Å². The first-order valence-corrected chi connectivity index (χ1v) is 7.33. The summed E-state index contributed by atoms with van der Waals surface area (Å²) in [7, 11) is 0. The summed E-state index contributed by atoms with van der Waals surface area (Å²) in [6.45, 7) is 6.86. The molecule has 3 heteroatoms. The van der Waals surface area contributed by atoms with Gasteiger partial charge in [0.05, 0.1) is 12.7 Å². The lowest BCUT2D eigenvalue weighted by Crippen LogP contribution is -2.40. The van der Waals surface area contributed by atoms with Crippen molar-refractivity contribution in [3.8, 4) is 0 Å². The highest BCUT2D eigenvalue weighted by Crippen LogP contribution is 2.39. The van der Waals surface area contributed by atoms with E-state index >= 15 is 0 Å².